The van der Waals surface area contributed by atoms with Crippen LogP contribution in [0.2, 0.25) is 0 Å². The van der Waals surface area contributed by atoms with Crippen molar-refractivity contribution in [3.63, 3.8) is 0 Å². The van der Waals surface area contributed by atoms with Crippen LogP contribution < -0.4 is 5.32 Å². The first kappa shape index (κ1) is 14.1. The monoisotopic (exact) mass is 276 g/mol. The normalized spacial score (nSPS) is 12.5. The number of benzene rings is 1. The summed E-state index contributed by atoms with van der Waals surface area (Å²) in [5.74, 6) is 1.79. The van der Waals surface area contributed by atoms with Gasteiger partial charge < -0.3 is 5.32 Å². The summed E-state index contributed by atoms with van der Waals surface area (Å²) in [7, 11) is 0. The van der Waals surface area contributed by atoms with Gasteiger partial charge in [-0.3, -0.25) is 5.10 Å². The maximum Gasteiger partial charge on any atom is 0.208 e. The number of aromatic nitrogens is 3. The van der Waals surface area contributed by atoms with Crippen molar-refractivity contribution in [3.05, 3.63) is 41.7 Å². The number of rotatable bonds is 7. The fourth-order valence-electron chi connectivity index (χ4n) is 1.82. The van der Waals surface area contributed by atoms with Gasteiger partial charge in [0, 0.05) is 11.8 Å². The second-order valence-electron chi connectivity index (χ2n) is 4.43. The van der Waals surface area contributed by atoms with Crippen molar-refractivity contribution in [2.24, 2.45) is 0 Å². The molecule has 2 N–H and O–H groups in total. The number of nitrogens with zero attached hydrogens (tertiary/aromatic N) is 2. The van der Waals surface area contributed by atoms with E-state index in [1.54, 1.807) is 11.8 Å². The molecule has 0 aliphatic heterocycles. The summed E-state index contributed by atoms with van der Waals surface area (Å²) in [6.45, 7) is 5.12. The van der Waals surface area contributed by atoms with Crippen molar-refractivity contribution in [1.82, 2.24) is 20.5 Å². The smallest absolute Gasteiger partial charge is 0.208 e. The molecule has 5 heteroatoms. The largest absolute Gasteiger partial charge is 0.309 e. The van der Waals surface area contributed by atoms with E-state index in [0.29, 0.717) is 6.04 Å². The Labute approximate surface area is 118 Å². The van der Waals surface area contributed by atoms with Gasteiger partial charge in [0.25, 0.3) is 0 Å². The molecule has 0 saturated heterocycles. The van der Waals surface area contributed by atoms with Crippen LogP contribution in [0.25, 0.3) is 0 Å². The topological polar surface area (TPSA) is 53.6 Å². The molecule has 1 heterocycles. The van der Waals surface area contributed by atoms with Gasteiger partial charge in [-0.05, 0) is 25.5 Å². The van der Waals surface area contributed by atoms with E-state index < -0.39 is 0 Å². The van der Waals surface area contributed by atoms with E-state index >= 15 is 0 Å². The Morgan fingerprint density at radius 2 is 2.11 bits per heavy atom. The van der Waals surface area contributed by atoms with E-state index in [0.717, 1.165) is 29.7 Å². The summed E-state index contributed by atoms with van der Waals surface area (Å²) in [4.78, 5) is 4.33. The Kier molecular flexibility index (Phi) is 5.42. The van der Waals surface area contributed by atoms with Crippen LogP contribution in [0, 0.1) is 6.92 Å². The van der Waals surface area contributed by atoms with E-state index in [1.165, 1.54) is 5.56 Å². The van der Waals surface area contributed by atoms with E-state index in [9.17, 15) is 0 Å². The van der Waals surface area contributed by atoms with E-state index in [-0.39, 0.29) is 0 Å². The quantitative estimate of drug-likeness (QED) is 0.763. The van der Waals surface area contributed by atoms with Crippen molar-refractivity contribution < 1.29 is 0 Å². The first-order chi connectivity index (χ1) is 9.29. The average molecular weight is 276 g/mol. The van der Waals surface area contributed by atoms with Gasteiger partial charge >= 0.3 is 0 Å². The van der Waals surface area contributed by atoms with Crippen molar-refractivity contribution in [1.29, 1.82) is 0 Å². The molecule has 2 rings (SSSR count). The summed E-state index contributed by atoms with van der Waals surface area (Å²) in [5.41, 5.74) is 1.32. The van der Waals surface area contributed by atoms with Gasteiger partial charge in [-0.2, -0.15) is 0 Å². The molecule has 102 valence electrons. The molecular formula is C14H20N4S. The van der Waals surface area contributed by atoms with Gasteiger partial charge in [-0.25, -0.2) is 4.98 Å². The number of hydrogen-bond acceptors (Lipinski definition) is 4. The molecule has 0 aliphatic rings. The second-order valence-corrected chi connectivity index (χ2v) is 5.42. The summed E-state index contributed by atoms with van der Waals surface area (Å²) in [5, 5.41) is 11.4. The molecule has 0 spiro atoms. The van der Waals surface area contributed by atoms with Crippen molar-refractivity contribution in [2.75, 3.05) is 12.3 Å². The van der Waals surface area contributed by atoms with Crippen molar-refractivity contribution in [2.45, 2.75) is 31.5 Å². The van der Waals surface area contributed by atoms with Crippen LogP contribution in [0.4, 0.5) is 0 Å². The highest BCUT2D eigenvalue weighted by atomic mass is 32.2. The van der Waals surface area contributed by atoms with Gasteiger partial charge in [-0.15, -0.1) is 5.10 Å². The van der Waals surface area contributed by atoms with Crippen LogP contribution >= 0.6 is 11.8 Å². The van der Waals surface area contributed by atoms with Gasteiger partial charge in [0.15, 0.2) is 0 Å². The maximum absolute atomic E-state index is 4.33. The molecule has 0 fully saturated rings. The molecule has 0 bridgehead atoms. The number of aryl methyl sites for hydroxylation is 1. The third-order valence-electron chi connectivity index (χ3n) is 2.80. The minimum atomic E-state index is 0.338. The Morgan fingerprint density at radius 1 is 1.32 bits per heavy atom. The van der Waals surface area contributed by atoms with E-state index in [1.807, 2.05) is 13.0 Å². The highest BCUT2D eigenvalue weighted by Crippen LogP contribution is 2.22. The first-order valence-electron chi connectivity index (χ1n) is 6.59. The lowest BCUT2D eigenvalue weighted by Crippen LogP contribution is -2.24. The van der Waals surface area contributed by atoms with Crippen molar-refractivity contribution in [3.8, 4) is 0 Å². The fourth-order valence-corrected chi connectivity index (χ4v) is 2.76. The highest BCUT2D eigenvalue weighted by molar-refractivity contribution is 7.99. The number of hydrogen-bond donors (Lipinski definition) is 2. The minimum absolute atomic E-state index is 0.338. The molecule has 2 aromatic rings. The van der Waals surface area contributed by atoms with Gasteiger partial charge in [0.2, 0.25) is 5.16 Å². The molecule has 0 aliphatic carbocycles. The highest BCUT2D eigenvalue weighted by Gasteiger charge is 2.12. The van der Waals surface area contributed by atoms with Crippen LogP contribution in [-0.4, -0.2) is 27.5 Å². The number of H-pyrrole nitrogens is 1. The zero-order valence-electron chi connectivity index (χ0n) is 11.4. The van der Waals surface area contributed by atoms with Gasteiger partial charge in [0.1, 0.15) is 5.82 Å². The van der Waals surface area contributed by atoms with E-state index in [2.05, 4.69) is 51.7 Å². The Bertz CT molecular complexity index is 483. The number of thioether (sulfide) groups is 1. The summed E-state index contributed by atoms with van der Waals surface area (Å²) in [6.07, 6.45) is 1.13. The third kappa shape index (κ3) is 4.36. The summed E-state index contributed by atoms with van der Waals surface area (Å²) in [6, 6.07) is 10.9. The summed E-state index contributed by atoms with van der Waals surface area (Å²) >= 11 is 1.68. The molecule has 0 radical (unpaired) electrons. The van der Waals surface area contributed by atoms with Crippen molar-refractivity contribution >= 4 is 11.8 Å². The molecule has 0 saturated carbocycles. The Morgan fingerprint density at radius 3 is 2.74 bits per heavy atom. The zero-order valence-corrected chi connectivity index (χ0v) is 12.2. The minimum Gasteiger partial charge on any atom is -0.309 e. The molecule has 1 aromatic carbocycles. The predicted molar refractivity (Wildman–Crippen MR) is 79.3 cm³/mol. The first-order valence-corrected chi connectivity index (χ1v) is 7.58. The number of aromatic amines is 1. The van der Waals surface area contributed by atoms with Gasteiger partial charge in [0.05, 0.1) is 0 Å². The van der Waals surface area contributed by atoms with Crippen LogP contribution in [0.15, 0.2) is 35.5 Å². The maximum atomic E-state index is 4.33. The molecular weight excluding hydrogens is 256 g/mol. The fraction of sp³-hybridized carbons (Fsp3) is 0.429. The predicted octanol–water partition coefficient (Wildman–Crippen LogP) is 2.95. The average Bonchev–Trinajstić information content (AvgIpc) is 2.86. The van der Waals surface area contributed by atoms with E-state index in [4.69, 9.17) is 0 Å². The van der Waals surface area contributed by atoms with Crippen LogP contribution in [0.3, 0.4) is 0 Å². The van der Waals surface area contributed by atoms with Gasteiger partial charge in [-0.1, -0.05) is 49.0 Å². The Balaban J connectivity index is 1.97. The lowest BCUT2D eigenvalue weighted by atomic mass is 10.1. The standard InChI is InChI=1S/C14H20N4S/c1-3-9-15-13(12-7-5-4-6-8-12)10-19-14-16-11(2)17-18-14/h4-8,13,15H,3,9-10H2,1-2H3,(H,16,17,18). The molecule has 1 unspecified atom stereocenters. The third-order valence-corrected chi connectivity index (χ3v) is 3.74. The van der Waals surface area contributed by atoms with Crippen LogP contribution in [0.5, 0.6) is 0 Å². The van der Waals surface area contributed by atoms with Crippen LogP contribution in [-0.2, 0) is 0 Å². The molecule has 1 aromatic heterocycles. The molecule has 0 amide bonds. The molecule has 1 atom stereocenters. The Hall–Kier alpha value is -1.33. The number of nitrogens with one attached hydrogen (secondary N) is 2. The van der Waals surface area contributed by atoms with Crippen LogP contribution in [0.1, 0.15) is 30.8 Å². The molecule has 4 nitrogen and oxygen atoms in total. The summed E-state index contributed by atoms with van der Waals surface area (Å²) < 4.78 is 0. The molecule has 19 heavy (non-hydrogen) atoms. The lowest BCUT2D eigenvalue weighted by Gasteiger charge is -2.17. The lowest BCUT2D eigenvalue weighted by molar-refractivity contribution is 0.577. The second kappa shape index (κ2) is 7.31. The SMILES string of the molecule is CCCNC(CSc1n[nH]c(C)n1)c1ccccc1. The zero-order chi connectivity index (χ0) is 13.5.